The van der Waals surface area contributed by atoms with E-state index in [0.717, 1.165) is 9.87 Å². The molecular weight excluding hydrogens is 279 g/mol. The highest BCUT2D eigenvalue weighted by Gasteiger charge is 2.21. The highest BCUT2D eigenvalue weighted by atomic mass is 32.2. The lowest BCUT2D eigenvalue weighted by atomic mass is 10.2. The van der Waals surface area contributed by atoms with Crippen molar-refractivity contribution in [2.24, 2.45) is 0 Å². The minimum atomic E-state index is -3.71. The van der Waals surface area contributed by atoms with Crippen molar-refractivity contribution in [3.05, 3.63) is 53.8 Å². The van der Waals surface area contributed by atoms with Crippen molar-refractivity contribution in [3.63, 3.8) is 0 Å². The zero-order chi connectivity index (χ0) is 14.9. The molecule has 2 rings (SSSR count). The van der Waals surface area contributed by atoms with Crippen LogP contribution in [-0.2, 0) is 10.0 Å². The van der Waals surface area contributed by atoms with Gasteiger partial charge in [-0.3, -0.25) is 4.31 Å². The Kier molecular flexibility index (Phi) is 3.67. The lowest BCUT2D eigenvalue weighted by Gasteiger charge is -2.20. The molecule has 2 N–H and O–H groups in total. The van der Waals surface area contributed by atoms with Crippen molar-refractivity contribution >= 4 is 21.4 Å². The van der Waals surface area contributed by atoms with E-state index in [1.807, 2.05) is 0 Å². The lowest BCUT2D eigenvalue weighted by molar-refractivity contribution is 0.594. The Morgan fingerprint density at radius 1 is 1.10 bits per heavy atom. The number of anilines is 2. The molecule has 106 valence electrons. The van der Waals surface area contributed by atoms with Gasteiger partial charge in [0, 0.05) is 12.7 Å². The first-order valence-electron chi connectivity index (χ1n) is 5.93. The van der Waals surface area contributed by atoms with Crippen LogP contribution in [0.3, 0.4) is 0 Å². The number of nitrogens with two attached hydrogens (primary N) is 1. The predicted octanol–water partition coefficient (Wildman–Crippen LogP) is 2.54. The van der Waals surface area contributed by atoms with Crippen LogP contribution in [0.4, 0.5) is 15.8 Å². The van der Waals surface area contributed by atoms with Gasteiger partial charge in [-0.2, -0.15) is 0 Å². The molecule has 0 atom stereocenters. The molecule has 0 fully saturated rings. The first-order valence-corrected chi connectivity index (χ1v) is 7.37. The molecule has 2 aromatic rings. The fourth-order valence-corrected chi connectivity index (χ4v) is 2.96. The van der Waals surface area contributed by atoms with E-state index in [2.05, 4.69) is 0 Å². The van der Waals surface area contributed by atoms with E-state index in [0.29, 0.717) is 11.4 Å². The summed E-state index contributed by atoms with van der Waals surface area (Å²) in [5.74, 6) is -0.417. The second-order valence-electron chi connectivity index (χ2n) is 4.47. The zero-order valence-corrected chi connectivity index (χ0v) is 12.0. The number of aryl methyl sites for hydroxylation is 1. The maximum Gasteiger partial charge on any atom is 0.264 e. The number of rotatable bonds is 3. The quantitative estimate of drug-likeness (QED) is 0.885. The first kappa shape index (κ1) is 14.3. The molecule has 0 aliphatic heterocycles. The molecule has 0 amide bonds. The van der Waals surface area contributed by atoms with Gasteiger partial charge >= 0.3 is 0 Å². The van der Waals surface area contributed by atoms with E-state index in [-0.39, 0.29) is 4.90 Å². The molecule has 0 aliphatic rings. The summed E-state index contributed by atoms with van der Waals surface area (Å²) >= 11 is 0. The zero-order valence-electron chi connectivity index (χ0n) is 11.2. The maximum absolute atomic E-state index is 12.9. The van der Waals surface area contributed by atoms with E-state index >= 15 is 0 Å². The largest absolute Gasteiger partial charge is 0.398 e. The Balaban J connectivity index is 2.43. The average Bonchev–Trinajstić information content (AvgIpc) is 2.41. The van der Waals surface area contributed by atoms with E-state index in [1.165, 1.54) is 43.4 Å². The molecule has 0 aliphatic carbocycles. The summed E-state index contributed by atoms with van der Waals surface area (Å²) in [7, 11) is -2.30. The van der Waals surface area contributed by atoms with Gasteiger partial charge in [0.15, 0.2) is 0 Å². The molecule has 0 saturated heterocycles. The lowest BCUT2D eigenvalue weighted by Crippen LogP contribution is -2.26. The van der Waals surface area contributed by atoms with Crippen LogP contribution in [0, 0.1) is 12.7 Å². The fourth-order valence-electron chi connectivity index (χ4n) is 1.73. The third-order valence-electron chi connectivity index (χ3n) is 3.10. The van der Waals surface area contributed by atoms with Gasteiger partial charge in [-0.15, -0.1) is 0 Å². The van der Waals surface area contributed by atoms with Crippen molar-refractivity contribution in [2.45, 2.75) is 11.8 Å². The van der Waals surface area contributed by atoms with Crippen LogP contribution in [0.25, 0.3) is 0 Å². The monoisotopic (exact) mass is 294 g/mol. The van der Waals surface area contributed by atoms with Gasteiger partial charge in [-0.1, -0.05) is 6.07 Å². The molecule has 20 heavy (non-hydrogen) atoms. The molecule has 0 unspecified atom stereocenters. The van der Waals surface area contributed by atoms with Crippen LogP contribution in [0.2, 0.25) is 0 Å². The second kappa shape index (κ2) is 5.13. The summed E-state index contributed by atoms with van der Waals surface area (Å²) in [5, 5.41) is 0. The molecular formula is C14H15FN2O2S. The Labute approximate surface area is 117 Å². The van der Waals surface area contributed by atoms with Crippen molar-refractivity contribution in [1.82, 2.24) is 0 Å². The molecule has 0 aromatic heterocycles. The molecule has 0 saturated carbocycles. The summed E-state index contributed by atoms with van der Waals surface area (Å²) in [4.78, 5) is 0.104. The van der Waals surface area contributed by atoms with E-state index in [9.17, 15) is 12.8 Å². The van der Waals surface area contributed by atoms with E-state index < -0.39 is 15.8 Å². The minimum Gasteiger partial charge on any atom is -0.398 e. The van der Waals surface area contributed by atoms with Gasteiger partial charge in [0.1, 0.15) is 5.82 Å². The van der Waals surface area contributed by atoms with Crippen LogP contribution in [-0.4, -0.2) is 15.5 Å². The summed E-state index contributed by atoms with van der Waals surface area (Å²) < 4.78 is 38.9. The van der Waals surface area contributed by atoms with Crippen LogP contribution >= 0.6 is 0 Å². The Bertz CT molecular complexity index is 727. The number of benzene rings is 2. The van der Waals surface area contributed by atoms with Crippen molar-refractivity contribution in [1.29, 1.82) is 0 Å². The van der Waals surface area contributed by atoms with E-state index in [4.69, 9.17) is 5.73 Å². The Morgan fingerprint density at radius 2 is 1.70 bits per heavy atom. The van der Waals surface area contributed by atoms with Gasteiger partial charge in [0.05, 0.1) is 10.6 Å². The van der Waals surface area contributed by atoms with Crippen LogP contribution in [0.5, 0.6) is 0 Å². The van der Waals surface area contributed by atoms with Crippen molar-refractivity contribution in [3.8, 4) is 0 Å². The Morgan fingerprint density at radius 3 is 2.25 bits per heavy atom. The predicted molar refractivity (Wildman–Crippen MR) is 77.6 cm³/mol. The number of halogens is 1. The molecule has 6 heteroatoms. The fraction of sp³-hybridized carbons (Fsp3) is 0.143. The summed E-state index contributed by atoms with van der Waals surface area (Å²) in [6.45, 7) is 1.80. The highest BCUT2D eigenvalue weighted by Crippen LogP contribution is 2.24. The van der Waals surface area contributed by atoms with Gasteiger partial charge in [-0.05, 0) is 48.9 Å². The van der Waals surface area contributed by atoms with Crippen LogP contribution < -0.4 is 10.0 Å². The van der Waals surface area contributed by atoms with Crippen LogP contribution in [0.15, 0.2) is 47.4 Å². The third kappa shape index (κ3) is 2.60. The number of hydrogen-bond acceptors (Lipinski definition) is 3. The Hall–Kier alpha value is -2.08. The molecule has 2 aromatic carbocycles. The standard InChI is InChI=1S/C14H15FN2O2S/c1-10-3-8-13(9-14(10)16)20(18,19)17(2)12-6-4-11(15)5-7-12/h3-9H,16H2,1-2H3. The number of sulfonamides is 1. The first-order chi connectivity index (χ1) is 9.32. The highest BCUT2D eigenvalue weighted by molar-refractivity contribution is 7.92. The van der Waals surface area contributed by atoms with E-state index in [1.54, 1.807) is 13.0 Å². The molecule has 4 nitrogen and oxygen atoms in total. The van der Waals surface area contributed by atoms with Crippen molar-refractivity contribution in [2.75, 3.05) is 17.1 Å². The minimum absolute atomic E-state index is 0.104. The van der Waals surface area contributed by atoms with Gasteiger partial charge < -0.3 is 5.73 Å². The smallest absolute Gasteiger partial charge is 0.264 e. The molecule has 0 spiro atoms. The number of hydrogen-bond donors (Lipinski definition) is 1. The number of nitrogen functional groups attached to an aromatic ring is 1. The van der Waals surface area contributed by atoms with Crippen molar-refractivity contribution < 1.29 is 12.8 Å². The molecule has 0 bridgehead atoms. The topological polar surface area (TPSA) is 63.4 Å². The second-order valence-corrected chi connectivity index (χ2v) is 6.44. The normalized spacial score (nSPS) is 11.3. The van der Waals surface area contributed by atoms with Gasteiger partial charge in [-0.25, -0.2) is 12.8 Å². The molecule has 0 radical (unpaired) electrons. The number of nitrogens with zero attached hydrogens (tertiary/aromatic N) is 1. The third-order valence-corrected chi connectivity index (χ3v) is 4.88. The summed E-state index contributed by atoms with van der Waals surface area (Å²) in [6, 6.07) is 9.82. The molecule has 0 heterocycles. The average molecular weight is 294 g/mol. The maximum atomic E-state index is 12.9. The van der Waals surface area contributed by atoms with Gasteiger partial charge in [0.25, 0.3) is 10.0 Å². The summed E-state index contributed by atoms with van der Waals surface area (Å²) in [6.07, 6.45) is 0. The summed E-state index contributed by atoms with van der Waals surface area (Å²) in [5.41, 5.74) is 7.35. The SMILES string of the molecule is Cc1ccc(S(=O)(=O)N(C)c2ccc(F)cc2)cc1N. The van der Waals surface area contributed by atoms with Gasteiger partial charge in [0.2, 0.25) is 0 Å². The van der Waals surface area contributed by atoms with Crippen LogP contribution in [0.1, 0.15) is 5.56 Å².